The molecule has 2 aliphatic rings. The predicted molar refractivity (Wildman–Crippen MR) is 80.7 cm³/mol. The first kappa shape index (κ1) is 15.6. The fourth-order valence-electron chi connectivity index (χ4n) is 2.91. The molecule has 2 fully saturated rings. The number of nitrogens with one attached hydrogen (secondary N) is 1. The average Bonchev–Trinajstić information content (AvgIpc) is 2.40. The molecule has 1 N–H and O–H groups in total. The zero-order chi connectivity index (χ0) is 13.9. The van der Waals surface area contributed by atoms with Crippen molar-refractivity contribution < 1.29 is 8.42 Å². The van der Waals surface area contributed by atoms with Crippen LogP contribution in [0.15, 0.2) is 0 Å². The second-order valence-electron chi connectivity index (χ2n) is 5.36. The van der Waals surface area contributed by atoms with Gasteiger partial charge in [-0.1, -0.05) is 6.42 Å². The molecule has 7 heteroatoms. The number of piperidine rings is 1. The van der Waals surface area contributed by atoms with Gasteiger partial charge in [0.15, 0.2) is 0 Å². The van der Waals surface area contributed by atoms with E-state index < -0.39 is 10.2 Å². The van der Waals surface area contributed by atoms with E-state index >= 15 is 0 Å². The van der Waals surface area contributed by atoms with Crippen LogP contribution in [0.25, 0.3) is 0 Å². The molecule has 0 amide bonds. The van der Waals surface area contributed by atoms with Crippen molar-refractivity contribution in [2.45, 2.75) is 38.3 Å². The highest BCUT2D eigenvalue weighted by molar-refractivity contribution is 7.99. The van der Waals surface area contributed by atoms with E-state index in [1.165, 1.54) is 0 Å². The van der Waals surface area contributed by atoms with Gasteiger partial charge in [-0.3, -0.25) is 0 Å². The zero-order valence-electron chi connectivity index (χ0n) is 11.8. The fourth-order valence-corrected chi connectivity index (χ4v) is 6.17. The number of nitrogens with zero attached hydrogens (tertiary/aromatic N) is 2. The van der Waals surface area contributed by atoms with Gasteiger partial charge in [0.1, 0.15) is 0 Å². The van der Waals surface area contributed by atoms with E-state index in [2.05, 4.69) is 5.32 Å². The Morgan fingerprint density at radius 2 is 2.05 bits per heavy atom. The fraction of sp³-hybridized carbons (Fsp3) is 1.00. The van der Waals surface area contributed by atoms with Gasteiger partial charge < -0.3 is 5.32 Å². The van der Waals surface area contributed by atoms with Crippen LogP contribution in [0.1, 0.15) is 26.2 Å². The smallest absolute Gasteiger partial charge is 0.282 e. The molecule has 2 saturated heterocycles. The molecule has 112 valence electrons. The third kappa shape index (κ3) is 3.44. The molecule has 0 saturated carbocycles. The van der Waals surface area contributed by atoms with Gasteiger partial charge in [0, 0.05) is 43.2 Å². The summed E-state index contributed by atoms with van der Waals surface area (Å²) in [6.07, 6.45) is 3.08. The Hall–Kier alpha value is 0.180. The quantitative estimate of drug-likeness (QED) is 0.832. The first-order valence-electron chi connectivity index (χ1n) is 7.08. The molecule has 5 nitrogen and oxygen atoms in total. The van der Waals surface area contributed by atoms with Crippen molar-refractivity contribution in [1.82, 2.24) is 13.9 Å². The van der Waals surface area contributed by atoms with Crippen LogP contribution in [0, 0.1) is 0 Å². The van der Waals surface area contributed by atoms with E-state index in [1.54, 1.807) is 8.61 Å². The highest BCUT2D eigenvalue weighted by Gasteiger charge is 2.39. The molecule has 0 aliphatic carbocycles. The molecule has 0 aromatic rings. The van der Waals surface area contributed by atoms with E-state index in [0.717, 1.165) is 37.3 Å². The number of hydrogen-bond donors (Lipinski definition) is 1. The van der Waals surface area contributed by atoms with Crippen molar-refractivity contribution in [3.63, 3.8) is 0 Å². The summed E-state index contributed by atoms with van der Waals surface area (Å²) in [7, 11) is -1.40. The summed E-state index contributed by atoms with van der Waals surface area (Å²) in [6.45, 7) is 4.08. The maximum absolute atomic E-state index is 12.9. The van der Waals surface area contributed by atoms with Crippen LogP contribution < -0.4 is 5.32 Å². The van der Waals surface area contributed by atoms with Crippen LogP contribution in [0.2, 0.25) is 0 Å². The number of hydrogen-bond acceptors (Lipinski definition) is 4. The largest absolute Gasteiger partial charge is 0.318 e. The standard InChI is InChI=1S/C12H25N3O2S2/c1-11-10-18-8-7-14(11)19(16,17)15-6-4-3-5-12(15)9-13-2/h11-13H,3-10H2,1-2H3. The second-order valence-corrected chi connectivity index (χ2v) is 8.34. The molecule has 2 atom stereocenters. The predicted octanol–water partition coefficient (Wildman–Crippen LogP) is 0.742. The van der Waals surface area contributed by atoms with Gasteiger partial charge in [-0.05, 0) is 26.8 Å². The Balaban J connectivity index is 2.16. The van der Waals surface area contributed by atoms with Crippen LogP contribution in [-0.4, -0.2) is 67.3 Å². The van der Waals surface area contributed by atoms with Gasteiger partial charge in [-0.25, -0.2) is 0 Å². The van der Waals surface area contributed by atoms with Gasteiger partial charge in [-0.2, -0.15) is 28.8 Å². The number of rotatable bonds is 4. The third-order valence-electron chi connectivity index (χ3n) is 3.91. The summed E-state index contributed by atoms with van der Waals surface area (Å²) in [6, 6.07) is 0.228. The van der Waals surface area contributed by atoms with Gasteiger partial charge >= 0.3 is 0 Å². The molecule has 2 aliphatic heterocycles. The Bertz CT molecular complexity index is 386. The normalized spacial score (nSPS) is 31.5. The van der Waals surface area contributed by atoms with E-state index in [0.29, 0.717) is 13.1 Å². The van der Waals surface area contributed by atoms with Crippen LogP contribution >= 0.6 is 11.8 Å². The molecule has 0 aromatic heterocycles. The van der Waals surface area contributed by atoms with Gasteiger partial charge in [-0.15, -0.1) is 0 Å². The van der Waals surface area contributed by atoms with E-state index in [1.807, 2.05) is 25.7 Å². The summed E-state index contributed by atoms with van der Waals surface area (Å²) in [5, 5.41) is 3.12. The molecule has 2 unspecified atom stereocenters. The summed E-state index contributed by atoms with van der Waals surface area (Å²) in [5.41, 5.74) is 0. The molecule has 19 heavy (non-hydrogen) atoms. The first-order chi connectivity index (χ1) is 9.07. The lowest BCUT2D eigenvalue weighted by atomic mass is 10.1. The Morgan fingerprint density at radius 3 is 2.74 bits per heavy atom. The van der Waals surface area contributed by atoms with Crippen LogP contribution in [0.3, 0.4) is 0 Å². The van der Waals surface area contributed by atoms with E-state index in [-0.39, 0.29) is 12.1 Å². The van der Waals surface area contributed by atoms with E-state index in [9.17, 15) is 8.42 Å². The topological polar surface area (TPSA) is 52.7 Å². The van der Waals surface area contributed by atoms with Gasteiger partial charge in [0.05, 0.1) is 0 Å². The molecular weight excluding hydrogens is 282 g/mol. The van der Waals surface area contributed by atoms with Crippen molar-refractivity contribution in [3.05, 3.63) is 0 Å². The maximum atomic E-state index is 12.9. The van der Waals surface area contributed by atoms with E-state index in [4.69, 9.17) is 0 Å². The number of thioether (sulfide) groups is 1. The highest BCUT2D eigenvalue weighted by atomic mass is 32.2. The summed E-state index contributed by atoms with van der Waals surface area (Å²) in [4.78, 5) is 0. The highest BCUT2D eigenvalue weighted by Crippen LogP contribution is 2.26. The molecule has 2 rings (SSSR count). The number of likely N-dealkylation sites (N-methyl/N-ethyl adjacent to an activating group) is 1. The monoisotopic (exact) mass is 307 g/mol. The molecule has 0 spiro atoms. The third-order valence-corrected chi connectivity index (χ3v) is 7.31. The van der Waals surface area contributed by atoms with Crippen molar-refractivity contribution >= 4 is 22.0 Å². The van der Waals surface area contributed by atoms with Gasteiger partial charge in [0.2, 0.25) is 0 Å². The van der Waals surface area contributed by atoms with Crippen molar-refractivity contribution in [2.24, 2.45) is 0 Å². The minimum Gasteiger partial charge on any atom is -0.318 e. The molecule has 0 bridgehead atoms. The summed E-state index contributed by atoms with van der Waals surface area (Å²) < 4.78 is 29.1. The van der Waals surface area contributed by atoms with Crippen molar-refractivity contribution in [1.29, 1.82) is 0 Å². The van der Waals surface area contributed by atoms with Crippen LogP contribution in [-0.2, 0) is 10.2 Å². The lowest BCUT2D eigenvalue weighted by Crippen LogP contribution is -2.56. The SMILES string of the molecule is CNCC1CCCCN1S(=O)(=O)N1CCSCC1C. The van der Waals surface area contributed by atoms with Crippen LogP contribution in [0.5, 0.6) is 0 Å². The molecular formula is C12H25N3O2S2. The average molecular weight is 307 g/mol. The lowest BCUT2D eigenvalue weighted by Gasteiger charge is -2.41. The molecule has 2 heterocycles. The Morgan fingerprint density at radius 1 is 1.26 bits per heavy atom. The first-order valence-corrected chi connectivity index (χ1v) is 9.63. The minimum atomic E-state index is -3.29. The zero-order valence-corrected chi connectivity index (χ0v) is 13.5. The van der Waals surface area contributed by atoms with Crippen molar-refractivity contribution in [3.8, 4) is 0 Å². The van der Waals surface area contributed by atoms with Crippen molar-refractivity contribution in [2.75, 3.05) is 38.2 Å². The Labute approximate surface area is 121 Å². The second kappa shape index (κ2) is 6.76. The molecule has 0 aromatic carbocycles. The van der Waals surface area contributed by atoms with Crippen LogP contribution in [0.4, 0.5) is 0 Å². The maximum Gasteiger partial charge on any atom is 0.282 e. The minimum absolute atomic E-state index is 0.112. The summed E-state index contributed by atoms with van der Waals surface area (Å²) in [5.74, 6) is 1.82. The molecule has 0 radical (unpaired) electrons. The summed E-state index contributed by atoms with van der Waals surface area (Å²) >= 11 is 1.84. The Kier molecular flexibility index (Phi) is 5.54. The lowest BCUT2D eigenvalue weighted by molar-refractivity contribution is 0.222. The van der Waals surface area contributed by atoms with Gasteiger partial charge in [0.25, 0.3) is 10.2 Å².